The fraction of sp³-hybridized carbons (Fsp3) is 0.400. The van der Waals surface area contributed by atoms with Crippen molar-refractivity contribution in [2.24, 2.45) is 5.73 Å². The van der Waals surface area contributed by atoms with Crippen molar-refractivity contribution in [3.8, 4) is 0 Å². The lowest BCUT2D eigenvalue weighted by atomic mass is 9.96. The molecule has 0 fully saturated rings. The first-order valence-corrected chi connectivity index (χ1v) is 7.62. The van der Waals surface area contributed by atoms with E-state index in [2.05, 4.69) is 11.8 Å². The highest BCUT2D eigenvalue weighted by Crippen LogP contribution is 2.34. The van der Waals surface area contributed by atoms with Gasteiger partial charge in [0.25, 0.3) is 0 Å². The van der Waals surface area contributed by atoms with Crippen LogP contribution in [0.25, 0.3) is 10.9 Å². The lowest BCUT2D eigenvalue weighted by Crippen LogP contribution is -2.32. The summed E-state index contributed by atoms with van der Waals surface area (Å²) < 4.78 is 0. The largest absolute Gasteiger partial charge is 0.326 e. The second-order valence-electron chi connectivity index (χ2n) is 5.10. The van der Waals surface area contributed by atoms with E-state index in [1.54, 1.807) is 0 Å². The van der Waals surface area contributed by atoms with E-state index in [4.69, 9.17) is 33.9 Å². The van der Waals surface area contributed by atoms with E-state index in [0.29, 0.717) is 16.6 Å². The summed E-state index contributed by atoms with van der Waals surface area (Å²) >= 11 is 12.4. The summed E-state index contributed by atoms with van der Waals surface area (Å²) in [6.07, 6.45) is 0.939. The molecule has 3 rings (SSSR count). The number of fused-ring (bicyclic) bond motifs is 2. The fourth-order valence-electron chi connectivity index (χ4n) is 2.90. The van der Waals surface area contributed by atoms with Crippen molar-refractivity contribution < 1.29 is 0 Å². The third-order valence-corrected chi connectivity index (χ3v) is 4.85. The Labute approximate surface area is 128 Å². The van der Waals surface area contributed by atoms with Crippen LogP contribution in [-0.2, 0) is 19.5 Å². The molecule has 2 N–H and O–H groups in total. The van der Waals surface area contributed by atoms with Crippen LogP contribution in [0.4, 0.5) is 0 Å². The van der Waals surface area contributed by atoms with Crippen LogP contribution >= 0.6 is 23.2 Å². The normalized spacial score (nSPS) is 15.6. The van der Waals surface area contributed by atoms with Gasteiger partial charge in [-0.1, -0.05) is 36.2 Å². The maximum atomic E-state index is 6.31. The SMILES string of the molecule is CCN1CCc2nc3c(Cl)c(Cl)ccc3c(CN)c2C1. The molecule has 0 amide bonds. The first-order chi connectivity index (χ1) is 9.65. The van der Waals surface area contributed by atoms with E-state index < -0.39 is 0 Å². The van der Waals surface area contributed by atoms with Gasteiger partial charge in [0.15, 0.2) is 0 Å². The van der Waals surface area contributed by atoms with Gasteiger partial charge in [0.1, 0.15) is 0 Å². The van der Waals surface area contributed by atoms with Crippen molar-refractivity contribution in [3.63, 3.8) is 0 Å². The van der Waals surface area contributed by atoms with Crippen molar-refractivity contribution >= 4 is 34.1 Å². The summed E-state index contributed by atoms with van der Waals surface area (Å²) in [4.78, 5) is 7.16. The molecule has 1 aromatic heterocycles. The highest BCUT2D eigenvalue weighted by molar-refractivity contribution is 6.45. The fourth-order valence-corrected chi connectivity index (χ4v) is 3.25. The van der Waals surface area contributed by atoms with Crippen molar-refractivity contribution in [1.82, 2.24) is 9.88 Å². The van der Waals surface area contributed by atoms with Crippen LogP contribution in [0.5, 0.6) is 0 Å². The number of pyridine rings is 1. The van der Waals surface area contributed by atoms with Crippen LogP contribution in [0.1, 0.15) is 23.7 Å². The second kappa shape index (κ2) is 5.49. The standard InChI is InChI=1S/C15H17Cl2N3/c1-2-20-6-5-13-11(8-20)10(7-18)9-3-4-12(16)14(17)15(9)19-13/h3-4H,2,5-8,18H2,1H3. The van der Waals surface area contributed by atoms with Gasteiger partial charge in [-0.15, -0.1) is 0 Å². The Morgan fingerprint density at radius 1 is 1.35 bits per heavy atom. The molecule has 0 saturated carbocycles. The van der Waals surface area contributed by atoms with E-state index in [1.807, 2.05) is 12.1 Å². The molecule has 0 aliphatic carbocycles. The first-order valence-electron chi connectivity index (χ1n) is 6.86. The number of likely N-dealkylation sites (N-methyl/N-ethyl adjacent to an activating group) is 1. The molecule has 0 radical (unpaired) electrons. The smallest absolute Gasteiger partial charge is 0.0910 e. The Hall–Kier alpha value is -0.870. The monoisotopic (exact) mass is 309 g/mol. The van der Waals surface area contributed by atoms with Gasteiger partial charge in [-0.25, -0.2) is 0 Å². The summed E-state index contributed by atoms with van der Waals surface area (Å²) in [6.45, 7) is 5.67. The van der Waals surface area contributed by atoms with Crippen LogP contribution < -0.4 is 5.73 Å². The van der Waals surface area contributed by atoms with E-state index in [1.165, 1.54) is 5.56 Å². The number of hydrogen-bond donors (Lipinski definition) is 1. The molecule has 0 unspecified atom stereocenters. The van der Waals surface area contributed by atoms with Crippen LogP contribution in [0.3, 0.4) is 0 Å². The number of rotatable bonds is 2. The average molecular weight is 310 g/mol. The Morgan fingerprint density at radius 2 is 2.15 bits per heavy atom. The summed E-state index contributed by atoms with van der Waals surface area (Å²) in [6, 6.07) is 3.80. The van der Waals surface area contributed by atoms with Crippen molar-refractivity contribution in [3.05, 3.63) is 39.0 Å². The molecule has 20 heavy (non-hydrogen) atoms. The van der Waals surface area contributed by atoms with Gasteiger partial charge in [-0.2, -0.15) is 0 Å². The molecule has 2 aromatic rings. The predicted molar refractivity (Wildman–Crippen MR) is 84.3 cm³/mol. The summed E-state index contributed by atoms with van der Waals surface area (Å²) in [5, 5.41) is 2.10. The number of halogens is 2. The van der Waals surface area contributed by atoms with E-state index in [9.17, 15) is 0 Å². The van der Waals surface area contributed by atoms with Gasteiger partial charge < -0.3 is 5.73 Å². The Bertz CT molecular complexity index is 670. The molecule has 1 aliphatic rings. The van der Waals surface area contributed by atoms with Gasteiger partial charge in [-0.05, 0) is 23.7 Å². The number of hydrogen-bond acceptors (Lipinski definition) is 3. The van der Waals surface area contributed by atoms with Gasteiger partial charge >= 0.3 is 0 Å². The molecule has 0 bridgehead atoms. The van der Waals surface area contributed by atoms with E-state index in [0.717, 1.165) is 48.2 Å². The lowest BCUT2D eigenvalue weighted by Gasteiger charge is -2.29. The Balaban J connectivity index is 2.28. The molecular weight excluding hydrogens is 293 g/mol. The number of aromatic nitrogens is 1. The van der Waals surface area contributed by atoms with Crippen molar-refractivity contribution in [1.29, 1.82) is 0 Å². The van der Waals surface area contributed by atoms with E-state index >= 15 is 0 Å². The molecule has 0 atom stereocenters. The molecular formula is C15H17Cl2N3. The van der Waals surface area contributed by atoms with Gasteiger partial charge in [0.2, 0.25) is 0 Å². The quantitative estimate of drug-likeness (QED) is 0.924. The zero-order valence-corrected chi connectivity index (χ0v) is 12.9. The van der Waals surface area contributed by atoms with Crippen LogP contribution in [0.15, 0.2) is 12.1 Å². The van der Waals surface area contributed by atoms with Crippen LogP contribution in [0, 0.1) is 0 Å². The van der Waals surface area contributed by atoms with Crippen LogP contribution in [-0.4, -0.2) is 23.0 Å². The zero-order valence-electron chi connectivity index (χ0n) is 11.4. The average Bonchev–Trinajstić information content (AvgIpc) is 2.48. The van der Waals surface area contributed by atoms with Gasteiger partial charge in [0, 0.05) is 37.1 Å². The summed E-state index contributed by atoms with van der Waals surface area (Å²) in [5.74, 6) is 0. The third kappa shape index (κ3) is 2.19. The zero-order chi connectivity index (χ0) is 14.3. The topological polar surface area (TPSA) is 42.2 Å². The summed E-state index contributed by atoms with van der Waals surface area (Å²) in [5.41, 5.74) is 10.3. The molecule has 0 saturated heterocycles. The van der Waals surface area contributed by atoms with Gasteiger partial charge in [-0.3, -0.25) is 9.88 Å². The molecule has 5 heteroatoms. The number of nitrogens with two attached hydrogens (primary N) is 1. The van der Waals surface area contributed by atoms with Gasteiger partial charge in [0.05, 0.1) is 15.6 Å². The van der Waals surface area contributed by atoms with Crippen molar-refractivity contribution in [2.45, 2.75) is 26.4 Å². The number of nitrogens with zero attached hydrogens (tertiary/aromatic N) is 2. The second-order valence-corrected chi connectivity index (χ2v) is 5.88. The van der Waals surface area contributed by atoms with E-state index in [-0.39, 0.29) is 0 Å². The minimum atomic E-state index is 0.497. The minimum absolute atomic E-state index is 0.497. The molecule has 1 aromatic carbocycles. The Kier molecular flexibility index (Phi) is 3.87. The van der Waals surface area contributed by atoms with Crippen LogP contribution in [0.2, 0.25) is 10.0 Å². The van der Waals surface area contributed by atoms with Crippen molar-refractivity contribution in [2.75, 3.05) is 13.1 Å². The highest BCUT2D eigenvalue weighted by Gasteiger charge is 2.22. The molecule has 3 nitrogen and oxygen atoms in total. The molecule has 0 spiro atoms. The molecule has 106 valence electrons. The minimum Gasteiger partial charge on any atom is -0.326 e. The predicted octanol–water partition coefficient (Wildman–Crippen LogP) is 3.38. The Morgan fingerprint density at radius 3 is 2.85 bits per heavy atom. The maximum absolute atomic E-state index is 6.31. The lowest BCUT2D eigenvalue weighted by molar-refractivity contribution is 0.265. The number of benzene rings is 1. The first kappa shape index (κ1) is 14.1. The third-order valence-electron chi connectivity index (χ3n) is 4.05. The highest BCUT2D eigenvalue weighted by atomic mass is 35.5. The maximum Gasteiger partial charge on any atom is 0.0910 e. The molecule has 2 heterocycles. The summed E-state index contributed by atoms with van der Waals surface area (Å²) in [7, 11) is 0. The molecule has 1 aliphatic heterocycles.